The Hall–Kier alpha value is -9.64. The molecule has 4 aliphatic rings. The van der Waals surface area contributed by atoms with Gasteiger partial charge in [-0.2, -0.15) is 0 Å². The lowest BCUT2D eigenvalue weighted by molar-refractivity contribution is 0.548. The zero-order chi connectivity index (χ0) is 57.4. The van der Waals surface area contributed by atoms with Crippen LogP contribution in [0.25, 0.3) is 93.9 Å². The van der Waals surface area contributed by atoms with Gasteiger partial charge in [0.25, 0.3) is 0 Å². The SMILES string of the molecule is Cc1ccccc1N(C1=CCCc2c1oc1c(C(C)(C)C)cccc21)c1ccc2c(c1)C1(c3cc(N(c4ccccc4C)c4cccc5c4oc4c(C(C)(C)C)cccc45)ccc3-2)c2ccccc2-c2c1cc1c3c(cccc23)-c2ccccc2-1. The summed E-state index contributed by atoms with van der Waals surface area (Å²) in [7, 11) is 0. The molecule has 4 heteroatoms. The van der Waals surface area contributed by atoms with Crippen molar-refractivity contribution in [2.24, 2.45) is 0 Å². The largest absolute Gasteiger partial charge is 0.454 e. The van der Waals surface area contributed by atoms with Crippen LogP contribution in [0.5, 0.6) is 0 Å². The van der Waals surface area contributed by atoms with Crippen LogP contribution in [0, 0.1) is 13.8 Å². The number of aryl methyl sites for hydroxylation is 3. The Morgan fingerprint density at radius 1 is 0.388 bits per heavy atom. The highest BCUT2D eigenvalue weighted by Crippen LogP contribution is 2.67. The zero-order valence-electron chi connectivity index (χ0n) is 49.4. The maximum absolute atomic E-state index is 7.31. The number of anilines is 5. The van der Waals surface area contributed by atoms with Crippen LogP contribution in [-0.4, -0.2) is 0 Å². The van der Waals surface area contributed by atoms with E-state index in [0.29, 0.717) is 0 Å². The molecule has 1 atom stereocenters. The fourth-order valence-corrected chi connectivity index (χ4v) is 15.7. The minimum Gasteiger partial charge on any atom is -0.454 e. The van der Waals surface area contributed by atoms with E-state index in [-0.39, 0.29) is 10.8 Å². The first-order valence-electron chi connectivity index (χ1n) is 30.3. The molecule has 1 spiro atoms. The molecule has 0 aliphatic heterocycles. The van der Waals surface area contributed by atoms with Crippen LogP contribution in [0.15, 0.2) is 227 Å². The third kappa shape index (κ3) is 6.85. The van der Waals surface area contributed by atoms with E-state index >= 15 is 0 Å². The molecule has 11 aromatic carbocycles. The van der Waals surface area contributed by atoms with Gasteiger partial charge in [-0.1, -0.05) is 211 Å². The Kier molecular flexibility index (Phi) is 10.4. The summed E-state index contributed by atoms with van der Waals surface area (Å²) in [6.45, 7) is 18.2. The molecule has 85 heavy (non-hydrogen) atoms. The van der Waals surface area contributed by atoms with Gasteiger partial charge in [0, 0.05) is 55.6 Å². The lowest BCUT2D eigenvalue weighted by atomic mass is 9.69. The zero-order valence-corrected chi connectivity index (χ0v) is 49.4. The molecule has 1 unspecified atom stereocenters. The van der Waals surface area contributed by atoms with Crippen LogP contribution in [0.2, 0.25) is 0 Å². The molecule has 2 heterocycles. The van der Waals surface area contributed by atoms with Gasteiger partial charge in [-0.25, -0.2) is 0 Å². The number of hydrogen-bond acceptors (Lipinski definition) is 4. The number of furan rings is 2. The number of fused-ring (bicyclic) bond motifs is 20. The van der Waals surface area contributed by atoms with Gasteiger partial charge >= 0.3 is 0 Å². The van der Waals surface area contributed by atoms with E-state index in [2.05, 4.69) is 284 Å². The van der Waals surface area contributed by atoms with Crippen molar-refractivity contribution in [1.82, 2.24) is 0 Å². The molecule has 0 bridgehead atoms. The summed E-state index contributed by atoms with van der Waals surface area (Å²) < 4.78 is 14.6. The van der Waals surface area contributed by atoms with Crippen LogP contribution < -0.4 is 9.80 Å². The molecule has 0 saturated carbocycles. The average Bonchev–Trinajstić information content (AvgIpc) is 1.52. The van der Waals surface area contributed by atoms with E-state index in [1.165, 1.54) is 111 Å². The predicted octanol–water partition coefficient (Wildman–Crippen LogP) is 22.3. The molecule has 0 N–H and O–H groups in total. The number of benzene rings is 11. The molecule has 13 aromatic rings. The van der Waals surface area contributed by atoms with E-state index in [1.807, 2.05) is 0 Å². The van der Waals surface area contributed by atoms with Gasteiger partial charge in [-0.15, -0.1) is 0 Å². The van der Waals surface area contributed by atoms with Crippen LogP contribution in [0.4, 0.5) is 28.4 Å². The second kappa shape index (κ2) is 17.7. The van der Waals surface area contributed by atoms with Gasteiger partial charge < -0.3 is 18.6 Å². The maximum Gasteiger partial charge on any atom is 0.159 e. The molecule has 0 radical (unpaired) electrons. The summed E-state index contributed by atoms with van der Waals surface area (Å²) in [4.78, 5) is 4.98. The normalized spacial score (nSPS) is 15.3. The van der Waals surface area contributed by atoms with E-state index in [1.54, 1.807) is 0 Å². The van der Waals surface area contributed by atoms with Crippen molar-refractivity contribution >= 4 is 77.8 Å². The van der Waals surface area contributed by atoms with Crippen molar-refractivity contribution in [2.45, 2.75) is 84.5 Å². The second-order valence-electron chi connectivity index (χ2n) is 26.3. The summed E-state index contributed by atoms with van der Waals surface area (Å²) in [5.41, 5.74) is 29.7. The Balaban J connectivity index is 0.961. The fraction of sp³-hybridized carbons (Fsp3) is 0.160. The van der Waals surface area contributed by atoms with Gasteiger partial charge in [0.2, 0.25) is 0 Å². The van der Waals surface area contributed by atoms with E-state index in [4.69, 9.17) is 8.83 Å². The first kappa shape index (κ1) is 49.9. The molecule has 0 amide bonds. The standard InChI is InChI=1S/C81H64N2O2/c1-47-22-9-15-36-69(47)82(71-38-20-30-58-56-28-18-34-64(79(3,4)5)75(56)84-77(58)71)49-40-42-53-54-43-41-50(83(70-37-16-10-23-48(70)2)72-39-21-31-59-57-29-19-35-65(80(6,7)8)76(57)85-78(59)72)45-67(54)81(66(53)44-49)63-33-14-13-26-60(63)74-61-32-17-27-55-51-24-11-12-25-52(51)62(73(55)61)46-68(74)81/h9-20,22-30,32-46H,21,31H2,1-8H3. The summed E-state index contributed by atoms with van der Waals surface area (Å²) in [6, 6.07) is 80.3. The Labute approximate surface area is 496 Å². The Morgan fingerprint density at radius 2 is 0.906 bits per heavy atom. The van der Waals surface area contributed by atoms with Crippen LogP contribution in [0.1, 0.15) is 104 Å². The highest BCUT2D eigenvalue weighted by atomic mass is 16.3. The highest BCUT2D eigenvalue weighted by molar-refractivity contribution is 6.21. The van der Waals surface area contributed by atoms with Crippen molar-refractivity contribution in [2.75, 3.05) is 9.80 Å². The molecule has 0 fully saturated rings. The average molecular weight is 1100 g/mol. The molecular formula is C81H64N2O2. The third-order valence-electron chi connectivity index (χ3n) is 19.4. The topological polar surface area (TPSA) is 32.8 Å². The third-order valence-corrected chi connectivity index (χ3v) is 19.4. The second-order valence-corrected chi connectivity index (χ2v) is 26.3. The summed E-state index contributed by atoms with van der Waals surface area (Å²) in [5.74, 6) is 0.954. The van der Waals surface area contributed by atoms with Crippen molar-refractivity contribution < 1.29 is 8.83 Å². The fourth-order valence-electron chi connectivity index (χ4n) is 15.7. The number of nitrogens with zero attached hydrogens (tertiary/aromatic N) is 2. The molecule has 410 valence electrons. The molecule has 4 aliphatic carbocycles. The first-order valence-corrected chi connectivity index (χ1v) is 30.3. The quantitative estimate of drug-likeness (QED) is 0.166. The molecule has 4 nitrogen and oxygen atoms in total. The van der Waals surface area contributed by atoms with E-state index in [9.17, 15) is 0 Å². The minimum atomic E-state index is -0.754. The molecule has 0 saturated heterocycles. The number of hydrogen-bond donors (Lipinski definition) is 0. The van der Waals surface area contributed by atoms with Crippen LogP contribution in [-0.2, 0) is 22.7 Å². The lowest BCUT2D eigenvalue weighted by Gasteiger charge is -2.34. The first-order chi connectivity index (χ1) is 41.3. The monoisotopic (exact) mass is 1100 g/mol. The van der Waals surface area contributed by atoms with Crippen molar-refractivity contribution in [3.63, 3.8) is 0 Å². The van der Waals surface area contributed by atoms with E-state index < -0.39 is 5.41 Å². The van der Waals surface area contributed by atoms with Gasteiger partial charge in [0.1, 0.15) is 11.2 Å². The molecule has 17 rings (SSSR count). The number of allylic oxidation sites excluding steroid dienone is 1. The van der Waals surface area contributed by atoms with E-state index in [0.717, 1.165) is 80.3 Å². The van der Waals surface area contributed by atoms with Crippen molar-refractivity contribution in [3.8, 4) is 44.5 Å². The Morgan fingerprint density at radius 3 is 1.58 bits per heavy atom. The molecule has 2 aromatic heterocycles. The Bertz CT molecular complexity index is 5090. The van der Waals surface area contributed by atoms with Gasteiger partial charge in [-0.3, -0.25) is 0 Å². The maximum atomic E-state index is 7.31. The highest BCUT2D eigenvalue weighted by Gasteiger charge is 2.53. The molecular weight excluding hydrogens is 1030 g/mol. The smallest absolute Gasteiger partial charge is 0.159 e. The van der Waals surface area contributed by atoms with Crippen LogP contribution >= 0.6 is 0 Å². The predicted molar refractivity (Wildman–Crippen MR) is 355 cm³/mol. The number of para-hydroxylation sites is 5. The minimum absolute atomic E-state index is 0.0984. The van der Waals surface area contributed by atoms with Crippen molar-refractivity contribution in [3.05, 3.63) is 274 Å². The summed E-state index contributed by atoms with van der Waals surface area (Å²) in [6.07, 6.45) is 4.25. The van der Waals surface area contributed by atoms with Gasteiger partial charge in [-0.05, 0) is 175 Å². The van der Waals surface area contributed by atoms with Crippen molar-refractivity contribution in [1.29, 1.82) is 0 Å². The summed E-state index contributed by atoms with van der Waals surface area (Å²) in [5, 5.41) is 6.08. The lowest BCUT2D eigenvalue weighted by Crippen LogP contribution is -2.27. The van der Waals surface area contributed by atoms with Gasteiger partial charge in [0.15, 0.2) is 11.3 Å². The van der Waals surface area contributed by atoms with Gasteiger partial charge in [0.05, 0.1) is 16.8 Å². The number of rotatable bonds is 6. The van der Waals surface area contributed by atoms with Crippen LogP contribution in [0.3, 0.4) is 0 Å². The summed E-state index contributed by atoms with van der Waals surface area (Å²) >= 11 is 0.